The van der Waals surface area contributed by atoms with Crippen molar-refractivity contribution in [3.63, 3.8) is 0 Å². The van der Waals surface area contributed by atoms with E-state index in [0.29, 0.717) is 0 Å². The van der Waals surface area contributed by atoms with E-state index in [-0.39, 0.29) is 10.8 Å². The van der Waals surface area contributed by atoms with Crippen molar-refractivity contribution < 1.29 is 8.83 Å². The van der Waals surface area contributed by atoms with Gasteiger partial charge >= 0.3 is 0 Å². The van der Waals surface area contributed by atoms with Crippen LogP contribution in [0.5, 0.6) is 0 Å². The molecule has 4 nitrogen and oxygen atoms in total. The van der Waals surface area contributed by atoms with Gasteiger partial charge in [0.1, 0.15) is 11.2 Å². The molecule has 12 aromatic rings. The predicted octanol–water partition coefficient (Wildman–Crippen LogP) is 19.4. The van der Waals surface area contributed by atoms with Crippen molar-refractivity contribution in [2.75, 3.05) is 9.80 Å². The smallest absolute Gasteiger partial charge is 0.160 e. The molecule has 0 bridgehead atoms. The first kappa shape index (κ1) is 43.2. The van der Waals surface area contributed by atoms with Gasteiger partial charge in [0.25, 0.3) is 0 Å². The predicted molar refractivity (Wildman–Crippen MR) is 304 cm³/mol. The zero-order chi connectivity index (χ0) is 49.4. The van der Waals surface area contributed by atoms with Crippen molar-refractivity contribution in [1.29, 1.82) is 0 Å². The van der Waals surface area contributed by atoms with Crippen LogP contribution < -0.4 is 9.80 Å². The second-order valence-corrected chi connectivity index (χ2v) is 22.0. The normalized spacial score (nSPS) is 13.5. The molecule has 0 saturated heterocycles. The molecule has 4 heteroatoms. The lowest BCUT2D eigenvalue weighted by Crippen LogP contribution is -2.26. The number of hydrogen-bond donors (Lipinski definition) is 0. The van der Waals surface area contributed by atoms with E-state index < -0.39 is 5.41 Å². The van der Waals surface area contributed by atoms with Crippen molar-refractivity contribution in [2.24, 2.45) is 0 Å². The molecule has 10 aromatic carbocycles. The van der Waals surface area contributed by atoms with Gasteiger partial charge in [0.2, 0.25) is 0 Å². The maximum Gasteiger partial charge on any atom is 0.160 e. The third-order valence-electron chi connectivity index (χ3n) is 15.8. The zero-order valence-electron chi connectivity index (χ0n) is 42.0. The average molecular weight is 943 g/mol. The van der Waals surface area contributed by atoms with Gasteiger partial charge in [0, 0.05) is 44.3 Å². The molecule has 0 saturated carbocycles. The van der Waals surface area contributed by atoms with Crippen LogP contribution in [0.15, 0.2) is 227 Å². The van der Waals surface area contributed by atoms with Crippen LogP contribution in [-0.2, 0) is 16.2 Å². The summed E-state index contributed by atoms with van der Waals surface area (Å²) in [5.74, 6) is 0. The van der Waals surface area contributed by atoms with Gasteiger partial charge in [-0.05, 0) is 139 Å². The van der Waals surface area contributed by atoms with E-state index in [1.807, 2.05) is 0 Å². The SMILES string of the molecule is CC(C)(C)c1ccc(N(c2ccccc2)c2cc3c(c4c2oc2ccccc24)-c2c(cc(N(c4ccccc4)c4ccc(C(C)(C)C)cc4)c4oc5ccccc5c24)C32c3ccccc3-c3ccccc32)cc1. The van der Waals surface area contributed by atoms with Crippen molar-refractivity contribution in [3.8, 4) is 22.3 Å². The fourth-order valence-electron chi connectivity index (χ4n) is 12.4. The molecule has 14 rings (SSSR count). The van der Waals surface area contributed by atoms with E-state index in [1.165, 1.54) is 55.6 Å². The molecule has 2 aliphatic carbocycles. The molecule has 1 spiro atoms. The van der Waals surface area contributed by atoms with Crippen LogP contribution in [0.1, 0.15) is 74.9 Å². The first-order valence-corrected chi connectivity index (χ1v) is 25.6. The number of furan rings is 2. The maximum atomic E-state index is 7.33. The Morgan fingerprint density at radius 3 is 1.08 bits per heavy atom. The molecule has 0 fully saturated rings. The van der Waals surface area contributed by atoms with Crippen molar-refractivity contribution in [2.45, 2.75) is 57.8 Å². The third kappa shape index (κ3) is 6.26. The molecule has 2 aromatic heterocycles. The number of fused-ring (bicyclic) bond motifs is 18. The molecule has 2 heterocycles. The van der Waals surface area contributed by atoms with Crippen LogP contribution >= 0.6 is 0 Å². The highest BCUT2D eigenvalue weighted by Crippen LogP contribution is 2.68. The number of para-hydroxylation sites is 4. The Labute approximate surface area is 426 Å². The Kier molecular flexibility index (Phi) is 9.29. The van der Waals surface area contributed by atoms with E-state index in [1.54, 1.807) is 0 Å². The summed E-state index contributed by atoms with van der Waals surface area (Å²) >= 11 is 0. The Morgan fingerprint density at radius 1 is 0.342 bits per heavy atom. The van der Waals surface area contributed by atoms with Crippen molar-refractivity contribution in [3.05, 3.63) is 252 Å². The zero-order valence-corrected chi connectivity index (χ0v) is 42.0. The van der Waals surface area contributed by atoms with Gasteiger partial charge in [-0.25, -0.2) is 0 Å². The van der Waals surface area contributed by atoms with Crippen molar-refractivity contribution in [1.82, 2.24) is 0 Å². The summed E-state index contributed by atoms with van der Waals surface area (Å²) in [5.41, 5.74) is 21.1. The first-order chi connectivity index (χ1) is 35.5. The molecule has 0 atom stereocenters. The lowest BCUT2D eigenvalue weighted by molar-refractivity contribution is 0.590. The highest BCUT2D eigenvalue weighted by atomic mass is 16.3. The summed E-state index contributed by atoms with van der Waals surface area (Å²) in [4.78, 5) is 4.82. The van der Waals surface area contributed by atoms with Gasteiger partial charge in [0.05, 0.1) is 16.8 Å². The summed E-state index contributed by atoms with van der Waals surface area (Å²) in [7, 11) is 0. The van der Waals surface area contributed by atoms with Crippen LogP contribution in [-0.4, -0.2) is 0 Å². The number of benzene rings is 10. The molecule has 0 amide bonds. The second-order valence-electron chi connectivity index (χ2n) is 22.0. The van der Waals surface area contributed by atoms with Gasteiger partial charge in [0.15, 0.2) is 11.2 Å². The fraction of sp³-hybridized carbons (Fsp3) is 0.130. The minimum Gasteiger partial charge on any atom is -0.454 e. The van der Waals surface area contributed by atoms with Crippen LogP contribution in [0.4, 0.5) is 34.1 Å². The lowest BCUT2D eigenvalue weighted by Gasteiger charge is -2.33. The summed E-state index contributed by atoms with van der Waals surface area (Å²) in [6.07, 6.45) is 0. The van der Waals surface area contributed by atoms with E-state index in [4.69, 9.17) is 8.83 Å². The molecule has 2 aliphatic rings. The molecule has 0 unspecified atom stereocenters. The Morgan fingerprint density at radius 2 is 0.685 bits per heavy atom. The third-order valence-corrected chi connectivity index (χ3v) is 15.8. The van der Waals surface area contributed by atoms with Gasteiger partial charge in [-0.1, -0.05) is 187 Å². The average Bonchev–Trinajstić information content (AvgIpc) is 4.18. The van der Waals surface area contributed by atoms with Crippen LogP contribution in [0, 0.1) is 0 Å². The van der Waals surface area contributed by atoms with E-state index in [0.717, 1.165) is 78.0 Å². The number of hydrogen-bond acceptors (Lipinski definition) is 4. The number of anilines is 6. The quantitative estimate of drug-likeness (QED) is 0.166. The summed E-state index contributed by atoms with van der Waals surface area (Å²) in [6.45, 7) is 13.6. The highest BCUT2D eigenvalue weighted by molar-refractivity contribution is 6.27. The monoisotopic (exact) mass is 942 g/mol. The second kappa shape index (κ2) is 15.7. The Bertz CT molecular complexity index is 3880. The minimum absolute atomic E-state index is 0.00942. The molecule has 0 radical (unpaired) electrons. The Hall–Kier alpha value is -8.60. The van der Waals surface area contributed by atoms with Crippen LogP contribution in [0.2, 0.25) is 0 Å². The molecular formula is C69H54N2O2. The topological polar surface area (TPSA) is 32.8 Å². The number of nitrogens with zero attached hydrogens (tertiary/aromatic N) is 2. The molecule has 0 aliphatic heterocycles. The summed E-state index contributed by atoms with van der Waals surface area (Å²) in [5, 5.41) is 4.33. The fourth-order valence-corrected chi connectivity index (χ4v) is 12.4. The van der Waals surface area contributed by atoms with Gasteiger partial charge < -0.3 is 18.6 Å². The largest absolute Gasteiger partial charge is 0.454 e. The molecule has 352 valence electrons. The Balaban J connectivity index is 1.18. The van der Waals surface area contributed by atoms with Crippen LogP contribution in [0.3, 0.4) is 0 Å². The first-order valence-electron chi connectivity index (χ1n) is 25.6. The lowest BCUT2D eigenvalue weighted by atomic mass is 9.70. The van der Waals surface area contributed by atoms with Crippen LogP contribution in [0.25, 0.3) is 66.1 Å². The minimum atomic E-state index is -0.766. The maximum absolute atomic E-state index is 7.33. The highest BCUT2D eigenvalue weighted by Gasteiger charge is 2.54. The van der Waals surface area contributed by atoms with Gasteiger partial charge in [-0.3, -0.25) is 0 Å². The van der Waals surface area contributed by atoms with Gasteiger partial charge in [-0.2, -0.15) is 0 Å². The summed E-state index contributed by atoms with van der Waals surface area (Å²) < 4.78 is 14.7. The van der Waals surface area contributed by atoms with Gasteiger partial charge in [-0.15, -0.1) is 0 Å². The molecule has 0 N–H and O–H groups in total. The summed E-state index contributed by atoms with van der Waals surface area (Å²) in [6, 6.07) is 80.2. The van der Waals surface area contributed by atoms with E-state index >= 15 is 0 Å². The van der Waals surface area contributed by atoms with E-state index in [2.05, 4.69) is 270 Å². The number of rotatable bonds is 6. The van der Waals surface area contributed by atoms with Crippen molar-refractivity contribution >= 4 is 78.0 Å². The standard InChI is InChI=1S/C69H54N2O2/c1-67(2,3)43-33-37-47(38-34-43)70(45-21-9-7-10-22-45)57-41-55-63(61-51-27-15-19-31-59(51)72-65(57)61)64-56(69(55)53-29-17-13-25-49(53)50-26-14-18-30-54(50)69)42-58(66-62(64)52-28-16-20-32-60(52)73-66)71(46-23-11-8-12-24-46)48-39-35-44(36-40-48)68(4,5)6/h7-42H,1-6H3. The molecule has 73 heavy (non-hydrogen) atoms. The van der Waals surface area contributed by atoms with E-state index in [9.17, 15) is 0 Å². The molecular weight excluding hydrogens is 889 g/mol.